The van der Waals surface area contributed by atoms with Crippen LogP contribution < -0.4 is 5.32 Å². The molecule has 2 aromatic heterocycles. The van der Waals surface area contributed by atoms with Crippen LogP contribution in [-0.2, 0) is 4.79 Å². The molecule has 0 saturated heterocycles. The van der Waals surface area contributed by atoms with Crippen LogP contribution in [0.4, 0.5) is 5.69 Å². The summed E-state index contributed by atoms with van der Waals surface area (Å²) in [4.78, 5) is 27.3. The van der Waals surface area contributed by atoms with E-state index in [-0.39, 0.29) is 39.7 Å². The summed E-state index contributed by atoms with van der Waals surface area (Å²) in [5.74, 6) is -0.492. The van der Waals surface area contributed by atoms with Gasteiger partial charge in [0.05, 0.1) is 16.6 Å². The van der Waals surface area contributed by atoms with Gasteiger partial charge in [0.1, 0.15) is 23.1 Å². The number of nitrogens with one attached hydrogen (secondary N) is 1. The molecule has 8 heteroatoms. The molecule has 26 heavy (non-hydrogen) atoms. The fourth-order valence-corrected chi connectivity index (χ4v) is 2.67. The van der Waals surface area contributed by atoms with Gasteiger partial charge in [0.25, 0.3) is 5.69 Å². The molecule has 0 radical (unpaired) electrons. The summed E-state index contributed by atoms with van der Waals surface area (Å²) in [7, 11) is 0. The number of non-ortho nitro benzene ring substituents is 1. The number of aromatic hydroxyl groups is 1. The molecule has 3 rings (SSSR count). The van der Waals surface area contributed by atoms with Crippen molar-refractivity contribution in [1.29, 1.82) is 0 Å². The van der Waals surface area contributed by atoms with Crippen molar-refractivity contribution in [1.82, 2.24) is 10.3 Å². The summed E-state index contributed by atoms with van der Waals surface area (Å²) in [5.41, 5.74) is 0.0233. The molecule has 0 bridgehead atoms. The maximum Gasteiger partial charge on any atom is 0.279 e. The van der Waals surface area contributed by atoms with Crippen LogP contribution in [-0.4, -0.2) is 20.9 Å². The molecule has 1 atom stereocenters. The Balaban J connectivity index is 2.23. The number of benzene rings is 1. The second-order valence-corrected chi connectivity index (χ2v) is 6.10. The number of nitro benzene ring substituents is 1. The minimum Gasteiger partial charge on any atom is -0.505 e. The number of carbonyl (C=O) groups is 1. The van der Waals surface area contributed by atoms with Gasteiger partial charge in [-0.15, -0.1) is 0 Å². The molecule has 0 aliphatic heterocycles. The standard InChI is InChI=1S/C18H17N3O5/c1-10(2)18(23)20-15(14-6-4-8-26-14)12-9-13(21(24)25)11-5-3-7-19-16(11)17(12)22/h3-10,15,22H,1-2H3,(H,20,23)/t15-/m0/s1. The Morgan fingerprint density at radius 2 is 2.12 bits per heavy atom. The molecule has 0 aliphatic carbocycles. The largest absolute Gasteiger partial charge is 0.505 e. The second-order valence-electron chi connectivity index (χ2n) is 6.10. The van der Waals surface area contributed by atoms with Crippen LogP contribution in [0.25, 0.3) is 10.9 Å². The van der Waals surface area contributed by atoms with Gasteiger partial charge in [-0.1, -0.05) is 13.8 Å². The molecule has 2 heterocycles. The van der Waals surface area contributed by atoms with Crippen molar-refractivity contribution in [3.05, 3.63) is 64.2 Å². The van der Waals surface area contributed by atoms with E-state index in [2.05, 4.69) is 10.3 Å². The van der Waals surface area contributed by atoms with Gasteiger partial charge < -0.3 is 14.8 Å². The lowest BCUT2D eigenvalue weighted by atomic mass is 9.98. The quantitative estimate of drug-likeness (QED) is 0.535. The van der Waals surface area contributed by atoms with Gasteiger partial charge in [-0.2, -0.15) is 0 Å². The number of furan rings is 1. The zero-order valence-corrected chi connectivity index (χ0v) is 14.2. The summed E-state index contributed by atoms with van der Waals surface area (Å²) < 4.78 is 5.38. The van der Waals surface area contributed by atoms with Crippen LogP contribution >= 0.6 is 0 Å². The molecule has 0 fully saturated rings. The fourth-order valence-electron chi connectivity index (χ4n) is 2.67. The number of aromatic nitrogens is 1. The molecule has 0 saturated carbocycles. The van der Waals surface area contributed by atoms with Gasteiger partial charge in [-0.3, -0.25) is 19.9 Å². The lowest BCUT2D eigenvalue weighted by molar-refractivity contribution is -0.383. The molecule has 3 aromatic rings. The number of nitrogens with zero attached hydrogens (tertiary/aromatic N) is 2. The van der Waals surface area contributed by atoms with Gasteiger partial charge >= 0.3 is 0 Å². The van der Waals surface area contributed by atoms with E-state index in [1.54, 1.807) is 32.0 Å². The zero-order valence-electron chi connectivity index (χ0n) is 14.2. The van der Waals surface area contributed by atoms with E-state index in [0.717, 1.165) is 0 Å². The molecule has 134 valence electrons. The van der Waals surface area contributed by atoms with Crippen molar-refractivity contribution in [2.45, 2.75) is 19.9 Å². The van der Waals surface area contributed by atoms with Gasteiger partial charge in [0.2, 0.25) is 5.91 Å². The van der Waals surface area contributed by atoms with Crippen molar-refractivity contribution in [3.8, 4) is 5.75 Å². The first-order valence-electron chi connectivity index (χ1n) is 7.99. The minimum absolute atomic E-state index is 0.0899. The van der Waals surface area contributed by atoms with Crippen molar-refractivity contribution < 1.29 is 19.2 Å². The normalized spacial score (nSPS) is 12.3. The molecule has 0 spiro atoms. The summed E-state index contributed by atoms with van der Waals surface area (Å²) in [6.45, 7) is 3.44. The number of phenols is 1. The van der Waals surface area contributed by atoms with Gasteiger partial charge in [-0.05, 0) is 24.3 Å². The number of pyridine rings is 1. The Morgan fingerprint density at radius 1 is 1.35 bits per heavy atom. The lowest BCUT2D eigenvalue weighted by Crippen LogP contribution is -2.32. The second kappa shape index (κ2) is 6.83. The van der Waals surface area contributed by atoms with E-state index in [9.17, 15) is 20.0 Å². The Morgan fingerprint density at radius 3 is 2.73 bits per heavy atom. The number of fused-ring (bicyclic) bond motifs is 1. The maximum atomic E-state index is 12.2. The first kappa shape index (κ1) is 17.4. The van der Waals surface area contributed by atoms with Gasteiger partial charge in [0, 0.05) is 23.7 Å². The highest BCUT2D eigenvalue weighted by Gasteiger charge is 2.28. The first-order valence-corrected chi connectivity index (χ1v) is 7.99. The average molecular weight is 355 g/mol. The molecule has 0 aliphatic rings. The highest BCUT2D eigenvalue weighted by molar-refractivity contribution is 5.93. The van der Waals surface area contributed by atoms with E-state index in [1.165, 1.54) is 24.6 Å². The number of phenolic OH excluding ortho intramolecular Hbond substituents is 1. The molecule has 0 unspecified atom stereocenters. The third-order valence-corrected chi connectivity index (χ3v) is 4.02. The molecular formula is C18H17N3O5. The molecular weight excluding hydrogens is 338 g/mol. The van der Waals surface area contributed by atoms with Gasteiger partial charge in [0.15, 0.2) is 0 Å². The van der Waals surface area contributed by atoms with Crippen molar-refractivity contribution in [2.24, 2.45) is 5.92 Å². The molecule has 8 nitrogen and oxygen atoms in total. The summed E-state index contributed by atoms with van der Waals surface area (Å²) >= 11 is 0. The molecule has 2 N–H and O–H groups in total. The van der Waals surface area contributed by atoms with Crippen LogP contribution in [0.2, 0.25) is 0 Å². The van der Waals surface area contributed by atoms with Crippen molar-refractivity contribution >= 4 is 22.5 Å². The highest BCUT2D eigenvalue weighted by atomic mass is 16.6. The average Bonchev–Trinajstić information content (AvgIpc) is 3.14. The maximum absolute atomic E-state index is 12.2. The zero-order chi connectivity index (χ0) is 18.8. The van der Waals surface area contributed by atoms with E-state index < -0.39 is 11.0 Å². The van der Waals surface area contributed by atoms with E-state index in [4.69, 9.17) is 4.42 Å². The number of carbonyl (C=O) groups excluding carboxylic acids is 1. The number of nitro groups is 1. The molecule has 1 amide bonds. The Hall–Kier alpha value is -3.42. The Kier molecular flexibility index (Phi) is 4.57. The monoisotopic (exact) mass is 355 g/mol. The smallest absolute Gasteiger partial charge is 0.279 e. The van der Waals surface area contributed by atoms with Crippen LogP contribution in [0.3, 0.4) is 0 Å². The SMILES string of the molecule is CC(C)C(=O)N[C@H](c1ccco1)c1cc([N+](=O)[O-])c2cccnc2c1O. The van der Waals surface area contributed by atoms with Crippen molar-refractivity contribution in [2.75, 3.05) is 0 Å². The summed E-state index contributed by atoms with van der Waals surface area (Å²) in [6, 6.07) is 6.68. The highest BCUT2D eigenvalue weighted by Crippen LogP contribution is 2.39. The molecule has 1 aromatic carbocycles. The topological polar surface area (TPSA) is 118 Å². The number of rotatable bonds is 5. The van der Waals surface area contributed by atoms with Crippen LogP contribution in [0.15, 0.2) is 47.2 Å². The summed E-state index contributed by atoms with van der Waals surface area (Å²) in [5, 5.41) is 25.2. The lowest BCUT2D eigenvalue weighted by Gasteiger charge is -2.20. The van der Waals surface area contributed by atoms with E-state index in [0.29, 0.717) is 5.76 Å². The van der Waals surface area contributed by atoms with Crippen LogP contribution in [0, 0.1) is 16.0 Å². The number of amides is 1. The third-order valence-electron chi connectivity index (χ3n) is 4.02. The summed E-state index contributed by atoms with van der Waals surface area (Å²) in [6.07, 6.45) is 2.86. The van der Waals surface area contributed by atoms with E-state index >= 15 is 0 Å². The predicted molar refractivity (Wildman–Crippen MR) is 93.6 cm³/mol. The number of hydrogen-bond acceptors (Lipinski definition) is 6. The third kappa shape index (κ3) is 3.08. The number of hydrogen-bond donors (Lipinski definition) is 2. The fraction of sp³-hybridized carbons (Fsp3) is 0.222. The van der Waals surface area contributed by atoms with Crippen molar-refractivity contribution in [3.63, 3.8) is 0 Å². The van der Waals surface area contributed by atoms with Crippen LogP contribution in [0.1, 0.15) is 31.2 Å². The Labute approximate surface area is 148 Å². The van der Waals surface area contributed by atoms with Crippen LogP contribution in [0.5, 0.6) is 5.75 Å². The van der Waals surface area contributed by atoms with Gasteiger partial charge in [-0.25, -0.2) is 0 Å². The minimum atomic E-state index is -0.884. The Bertz CT molecular complexity index is 966. The predicted octanol–water partition coefficient (Wildman–Crippen LogP) is 3.30. The van der Waals surface area contributed by atoms with E-state index in [1.807, 2.05) is 0 Å². The first-order chi connectivity index (χ1) is 12.4.